The van der Waals surface area contributed by atoms with Gasteiger partial charge in [-0.2, -0.15) is 0 Å². The second kappa shape index (κ2) is 7.37. The lowest BCUT2D eigenvalue weighted by Gasteiger charge is -2.07. The fourth-order valence-electron chi connectivity index (χ4n) is 2.26. The Morgan fingerprint density at radius 1 is 0.958 bits per heavy atom. The van der Waals surface area contributed by atoms with Crippen LogP contribution >= 0.6 is 0 Å². The molecule has 1 amide bonds. The van der Waals surface area contributed by atoms with Gasteiger partial charge in [-0.1, -0.05) is 42.5 Å². The lowest BCUT2D eigenvalue weighted by molar-refractivity contribution is 0.0945. The van der Waals surface area contributed by atoms with Crippen molar-refractivity contribution >= 4 is 17.4 Å². The Balaban J connectivity index is 1.60. The summed E-state index contributed by atoms with van der Waals surface area (Å²) in [6, 6.07) is 21.1. The number of hydrogen-bond acceptors (Lipinski definition) is 4. The van der Waals surface area contributed by atoms with Crippen LogP contribution in [0, 0.1) is 6.92 Å². The van der Waals surface area contributed by atoms with Crippen LogP contribution in [0.1, 0.15) is 21.6 Å². The summed E-state index contributed by atoms with van der Waals surface area (Å²) in [4.78, 5) is 12.1. The lowest BCUT2D eigenvalue weighted by Crippen LogP contribution is -2.24. The van der Waals surface area contributed by atoms with E-state index in [4.69, 9.17) is 0 Å². The van der Waals surface area contributed by atoms with E-state index in [1.807, 2.05) is 61.5 Å². The third-order valence-electron chi connectivity index (χ3n) is 3.48. The minimum Gasteiger partial charge on any atom is -0.347 e. The van der Waals surface area contributed by atoms with Crippen LogP contribution in [0.3, 0.4) is 0 Å². The Kier molecular flexibility index (Phi) is 4.81. The molecule has 0 radical (unpaired) electrons. The molecular formula is C19H18N4O. The molecule has 3 aromatic rings. The minimum absolute atomic E-state index is 0.242. The molecule has 0 saturated heterocycles. The standard InChI is InChI=1S/C19H18N4O/c1-14-6-5-9-16(12-14)21-18-11-10-17(22-23-18)19(24)20-13-15-7-3-2-4-8-15/h2-12H,13H2,1H3,(H,20,24)(H,21,23). The molecule has 3 rings (SSSR count). The van der Waals surface area contributed by atoms with Crippen molar-refractivity contribution in [2.45, 2.75) is 13.5 Å². The van der Waals surface area contributed by atoms with Gasteiger partial charge in [0.2, 0.25) is 0 Å². The van der Waals surface area contributed by atoms with E-state index in [1.54, 1.807) is 12.1 Å². The SMILES string of the molecule is Cc1cccc(Nc2ccc(C(=O)NCc3ccccc3)nn2)c1. The largest absolute Gasteiger partial charge is 0.347 e. The molecule has 1 heterocycles. The predicted molar refractivity (Wildman–Crippen MR) is 94.1 cm³/mol. The smallest absolute Gasteiger partial charge is 0.272 e. The van der Waals surface area contributed by atoms with Crippen molar-refractivity contribution in [3.8, 4) is 0 Å². The van der Waals surface area contributed by atoms with Gasteiger partial charge < -0.3 is 10.6 Å². The molecule has 0 aliphatic heterocycles. The van der Waals surface area contributed by atoms with Crippen LogP contribution in [0.25, 0.3) is 0 Å². The number of amides is 1. The van der Waals surface area contributed by atoms with Crippen molar-refractivity contribution < 1.29 is 4.79 Å². The molecule has 120 valence electrons. The molecule has 2 aromatic carbocycles. The van der Waals surface area contributed by atoms with Crippen LogP contribution in [0.15, 0.2) is 66.7 Å². The molecule has 0 atom stereocenters. The number of rotatable bonds is 5. The molecule has 24 heavy (non-hydrogen) atoms. The zero-order valence-corrected chi connectivity index (χ0v) is 13.4. The second-order valence-corrected chi connectivity index (χ2v) is 5.47. The Bertz CT molecular complexity index is 816. The van der Waals surface area contributed by atoms with Crippen LogP contribution in [-0.4, -0.2) is 16.1 Å². The number of aryl methyl sites for hydroxylation is 1. The van der Waals surface area contributed by atoms with Crippen molar-refractivity contribution in [3.05, 3.63) is 83.6 Å². The van der Waals surface area contributed by atoms with Gasteiger partial charge in [-0.3, -0.25) is 4.79 Å². The first kappa shape index (κ1) is 15.7. The van der Waals surface area contributed by atoms with Crippen LogP contribution < -0.4 is 10.6 Å². The number of hydrogen-bond donors (Lipinski definition) is 2. The van der Waals surface area contributed by atoms with E-state index in [-0.39, 0.29) is 5.91 Å². The van der Waals surface area contributed by atoms with Gasteiger partial charge in [0.05, 0.1) is 0 Å². The summed E-state index contributed by atoms with van der Waals surface area (Å²) in [5.74, 6) is 0.355. The fraction of sp³-hybridized carbons (Fsp3) is 0.105. The molecule has 0 saturated carbocycles. The topological polar surface area (TPSA) is 66.9 Å². The second-order valence-electron chi connectivity index (χ2n) is 5.47. The monoisotopic (exact) mass is 318 g/mol. The summed E-state index contributed by atoms with van der Waals surface area (Å²) >= 11 is 0. The highest BCUT2D eigenvalue weighted by Gasteiger charge is 2.08. The highest BCUT2D eigenvalue weighted by molar-refractivity contribution is 5.92. The highest BCUT2D eigenvalue weighted by Crippen LogP contribution is 2.15. The Hall–Kier alpha value is -3.21. The zero-order valence-electron chi connectivity index (χ0n) is 13.4. The molecule has 0 unspecified atom stereocenters. The quantitative estimate of drug-likeness (QED) is 0.756. The first-order valence-corrected chi connectivity index (χ1v) is 7.70. The maximum absolute atomic E-state index is 12.1. The van der Waals surface area contributed by atoms with Gasteiger partial charge in [-0.15, -0.1) is 10.2 Å². The lowest BCUT2D eigenvalue weighted by atomic mass is 10.2. The predicted octanol–water partition coefficient (Wildman–Crippen LogP) is 3.46. The Morgan fingerprint density at radius 2 is 1.79 bits per heavy atom. The molecule has 5 heteroatoms. The molecule has 2 N–H and O–H groups in total. The van der Waals surface area contributed by atoms with Crippen molar-refractivity contribution in [2.75, 3.05) is 5.32 Å². The normalized spacial score (nSPS) is 10.2. The fourth-order valence-corrected chi connectivity index (χ4v) is 2.26. The average Bonchev–Trinajstić information content (AvgIpc) is 2.61. The Labute approximate surface area is 140 Å². The van der Waals surface area contributed by atoms with E-state index in [0.29, 0.717) is 18.1 Å². The number of benzene rings is 2. The molecule has 0 bridgehead atoms. The average molecular weight is 318 g/mol. The van der Waals surface area contributed by atoms with Gasteiger partial charge in [-0.25, -0.2) is 0 Å². The highest BCUT2D eigenvalue weighted by atomic mass is 16.1. The third-order valence-corrected chi connectivity index (χ3v) is 3.48. The molecule has 0 aliphatic rings. The van der Waals surface area contributed by atoms with Crippen molar-refractivity contribution in [1.82, 2.24) is 15.5 Å². The molecule has 5 nitrogen and oxygen atoms in total. The summed E-state index contributed by atoms with van der Waals surface area (Å²) in [6.07, 6.45) is 0. The Morgan fingerprint density at radius 3 is 2.50 bits per heavy atom. The van der Waals surface area contributed by atoms with Crippen molar-refractivity contribution in [3.63, 3.8) is 0 Å². The summed E-state index contributed by atoms with van der Waals surface area (Å²) in [7, 11) is 0. The van der Waals surface area contributed by atoms with Gasteiger partial charge >= 0.3 is 0 Å². The molecule has 0 fully saturated rings. The van der Waals surface area contributed by atoms with E-state index in [9.17, 15) is 4.79 Å². The van der Waals surface area contributed by atoms with E-state index in [0.717, 1.165) is 16.8 Å². The first-order valence-electron chi connectivity index (χ1n) is 7.70. The van der Waals surface area contributed by atoms with Crippen LogP contribution in [-0.2, 0) is 6.54 Å². The van der Waals surface area contributed by atoms with E-state index in [1.165, 1.54) is 0 Å². The van der Waals surface area contributed by atoms with Gasteiger partial charge in [0.15, 0.2) is 11.5 Å². The summed E-state index contributed by atoms with van der Waals surface area (Å²) in [6.45, 7) is 2.49. The van der Waals surface area contributed by atoms with Gasteiger partial charge in [-0.05, 0) is 42.3 Å². The third kappa shape index (κ3) is 4.16. The van der Waals surface area contributed by atoms with Crippen LogP contribution in [0.2, 0.25) is 0 Å². The molecule has 0 spiro atoms. The zero-order chi connectivity index (χ0) is 16.8. The van der Waals surface area contributed by atoms with Crippen molar-refractivity contribution in [2.24, 2.45) is 0 Å². The summed E-state index contributed by atoms with van der Waals surface area (Å²) in [5, 5.41) is 14.0. The van der Waals surface area contributed by atoms with E-state index < -0.39 is 0 Å². The number of aromatic nitrogens is 2. The van der Waals surface area contributed by atoms with Crippen LogP contribution in [0.4, 0.5) is 11.5 Å². The minimum atomic E-state index is -0.242. The van der Waals surface area contributed by atoms with E-state index >= 15 is 0 Å². The number of carbonyl (C=O) groups excluding carboxylic acids is 1. The number of nitrogens with one attached hydrogen (secondary N) is 2. The first-order chi connectivity index (χ1) is 11.7. The van der Waals surface area contributed by atoms with Crippen LogP contribution in [0.5, 0.6) is 0 Å². The van der Waals surface area contributed by atoms with Crippen molar-refractivity contribution in [1.29, 1.82) is 0 Å². The number of nitrogens with zero attached hydrogens (tertiary/aromatic N) is 2. The van der Waals surface area contributed by atoms with Gasteiger partial charge in [0, 0.05) is 12.2 Å². The maximum Gasteiger partial charge on any atom is 0.272 e. The van der Waals surface area contributed by atoms with Gasteiger partial charge in [0.1, 0.15) is 0 Å². The van der Waals surface area contributed by atoms with E-state index in [2.05, 4.69) is 20.8 Å². The molecular weight excluding hydrogens is 300 g/mol. The molecule has 1 aromatic heterocycles. The maximum atomic E-state index is 12.1. The number of carbonyl (C=O) groups is 1. The summed E-state index contributed by atoms with van der Waals surface area (Å²) < 4.78 is 0. The number of anilines is 2. The van der Waals surface area contributed by atoms with Gasteiger partial charge in [0.25, 0.3) is 5.91 Å². The summed E-state index contributed by atoms with van der Waals surface area (Å²) in [5.41, 5.74) is 3.42. The molecule has 0 aliphatic carbocycles.